The average molecular weight is 249 g/mol. The molecule has 1 aromatic heterocycles. The molecule has 1 aromatic carbocycles. The molecule has 0 fully saturated rings. The average Bonchev–Trinajstić information content (AvgIpc) is 2.72. The maximum atomic E-state index is 10.8. The van der Waals surface area contributed by atoms with Gasteiger partial charge in [-0.3, -0.25) is 4.90 Å². The minimum absolute atomic E-state index is 0.0501. The monoisotopic (exact) mass is 249 g/mol. The first-order valence-corrected chi connectivity index (χ1v) is 5.65. The first-order chi connectivity index (χ1) is 8.60. The number of hydrogen-bond acceptors (Lipinski definition) is 4. The molecule has 5 heteroatoms. The molecule has 0 saturated heterocycles. The van der Waals surface area contributed by atoms with Crippen LogP contribution < -0.4 is 0 Å². The summed E-state index contributed by atoms with van der Waals surface area (Å²) < 4.78 is 5.18. The van der Waals surface area contributed by atoms with Crippen molar-refractivity contribution in [1.82, 2.24) is 4.90 Å². The van der Waals surface area contributed by atoms with Crippen LogP contribution in [-0.2, 0) is 6.54 Å². The van der Waals surface area contributed by atoms with Gasteiger partial charge in [0.2, 0.25) is 5.76 Å². The second-order valence-corrected chi connectivity index (χ2v) is 4.25. The third kappa shape index (κ3) is 2.69. The number of fused-ring (bicyclic) bond motifs is 1. The van der Waals surface area contributed by atoms with Gasteiger partial charge in [0.15, 0.2) is 0 Å². The van der Waals surface area contributed by atoms with E-state index in [-0.39, 0.29) is 12.4 Å². The Morgan fingerprint density at radius 3 is 2.83 bits per heavy atom. The number of likely N-dealkylation sites (N-methyl/N-ethyl adjacent to an activating group) is 1. The van der Waals surface area contributed by atoms with Crippen molar-refractivity contribution in [3.63, 3.8) is 0 Å². The molecular formula is C13H15NO4. The van der Waals surface area contributed by atoms with Crippen LogP contribution in [0.25, 0.3) is 11.0 Å². The van der Waals surface area contributed by atoms with Crippen LogP contribution in [0.5, 0.6) is 0 Å². The van der Waals surface area contributed by atoms with E-state index < -0.39 is 5.97 Å². The molecule has 2 aromatic rings. The molecule has 2 N–H and O–H groups in total. The fourth-order valence-corrected chi connectivity index (χ4v) is 1.86. The molecule has 0 aliphatic heterocycles. The Labute approximate surface area is 104 Å². The minimum atomic E-state index is -1.06. The molecule has 0 bridgehead atoms. The lowest BCUT2D eigenvalue weighted by atomic mass is 10.1. The van der Waals surface area contributed by atoms with E-state index in [1.54, 1.807) is 6.07 Å². The van der Waals surface area contributed by atoms with Crippen LogP contribution in [-0.4, -0.2) is 41.3 Å². The van der Waals surface area contributed by atoms with Crippen molar-refractivity contribution in [2.24, 2.45) is 0 Å². The maximum Gasteiger partial charge on any atom is 0.371 e. The maximum absolute atomic E-state index is 10.8. The molecule has 1 heterocycles. The van der Waals surface area contributed by atoms with Crippen molar-refractivity contribution in [1.29, 1.82) is 0 Å². The van der Waals surface area contributed by atoms with Crippen molar-refractivity contribution >= 4 is 16.9 Å². The predicted molar refractivity (Wildman–Crippen MR) is 66.6 cm³/mol. The number of aromatic carboxylic acids is 1. The summed E-state index contributed by atoms with van der Waals surface area (Å²) in [5.74, 6) is -1.11. The smallest absolute Gasteiger partial charge is 0.371 e. The topological polar surface area (TPSA) is 73.9 Å². The van der Waals surface area contributed by atoms with Gasteiger partial charge in [0.25, 0.3) is 0 Å². The Kier molecular flexibility index (Phi) is 3.64. The van der Waals surface area contributed by atoms with E-state index in [9.17, 15) is 4.79 Å². The van der Waals surface area contributed by atoms with Crippen molar-refractivity contribution < 1.29 is 19.4 Å². The molecule has 96 valence electrons. The summed E-state index contributed by atoms with van der Waals surface area (Å²) >= 11 is 0. The number of carboxylic acids is 1. The molecular weight excluding hydrogens is 234 g/mol. The summed E-state index contributed by atoms with van der Waals surface area (Å²) in [6.07, 6.45) is 0. The Balaban J connectivity index is 2.24. The summed E-state index contributed by atoms with van der Waals surface area (Å²) in [5, 5.41) is 18.4. The molecule has 0 saturated carbocycles. The van der Waals surface area contributed by atoms with Crippen molar-refractivity contribution in [2.75, 3.05) is 20.2 Å². The highest BCUT2D eigenvalue weighted by atomic mass is 16.4. The number of aliphatic hydroxyl groups excluding tert-OH is 1. The van der Waals surface area contributed by atoms with Gasteiger partial charge in [0.1, 0.15) is 5.58 Å². The van der Waals surface area contributed by atoms with Gasteiger partial charge in [-0.2, -0.15) is 0 Å². The summed E-state index contributed by atoms with van der Waals surface area (Å²) in [5.41, 5.74) is 1.62. The third-order valence-corrected chi connectivity index (χ3v) is 2.73. The number of carboxylic acid groups (broad SMARTS) is 1. The van der Waals surface area contributed by atoms with Crippen LogP contribution in [0.1, 0.15) is 16.1 Å². The number of nitrogens with zero attached hydrogens (tertiary/aromatic N) is 1. The van der Waals surface area contributed by atoms with Crippen LogP contribution >= 0.6 is 0 Å². The van der Waals surface area contributed by atoms with Crippen LogP contribution in [0, 0.1) is 0 Å². The first-order valence-electron chi connectivity index (χ1n) is 5.65. The molecule has 0 amide bonds. The highest BCUT2D eigenvalue weighted by Crippen LogP contribution is 2.21. The van der Waals surface area contributed by atoms with Crippen molar-refractivity contribution in [2.45, 2.75) is 6.54 Å². The van der Waals surface area contributed by atoms with Gasteiger partial charge in [-0.15, -0.1) is 0 Å². The molecule has 0 spiro atoms. The van der Waals surface area contributed by atoms with Crippen LogP contribution in [0.2, 0.25) is 0 Å². The summed E-state index contributed by atoms with van der Waals surface area (Å²) in [6.45, 7) is 1.42. The zero-order valence-corrected chi connectivity index (χ0v) is 10.1. The highest BCUT2D eigenvalue weighted by molar-refractivity contribution is 5.91. The van der Waals surface area contributed by atoms with E-state index in [1.807, 2.05) is 24.1 Å². The summed E-state index contributed by atoms with van der Waals surface area (Å²) in [7, 11) is 1.92. The lowest BCUT2D eigenvalue weighted by Crippen LogP contribution is -2.21. The summed E-state index contributed by atoms with van der Waals surface area (Å²) in [4.78, 5) is 12.8. The van der Waals surface area contributed by atoms with Gasteiger partial charge < -0.3 is 14.6 Å². The van der Waals surface area contributed by atoms with Crippen LogP contribution in [0.15, 0.2) is 28.7 Å². The number of aliphatic hydroxyl groups is 1. The molecule has 0 atom stereocenters. The molecule has 18 heavy (non-hydrogen) atoms. The Morgan fingerprint density at radius 2 is 2.17 bits per heavy atom. The molecule has 0 radical (unpaired) electrons. The van der Waals surface area contributed by atoms with E-state index in [2.05, 4.69) is 0 Å². The minimum Gasteiger partial charge on any atom is -0.475 e. The number of benzene rings is 1. The number of rotatable bonds is 5. The molecule has 5 nitrogen and oxygen atoms in total. The standard InChI is InChI=1S/C13H15NO4/c1-14(4-5-15)8-9-2-3-11-10(6-9)7-12(18-11)13(16)17/h2-3,6-7,15H,4-5,8H2,1H3,(H,16,17). The van der Waals surface area contributed by atoms with Gasteiger partial charge in [0, 0.05) is 18.5 Å². The van der Waals surface area contributed by atoms with Gasteiger partial charge in [-0.05, 0) is 30.8 Å². The van der Waals surface area contributed by atoms with Crippen molar-refractivity contribution in [3.05, 3.63) is 35.6 Å². The third-order valence-electron chi connectivity index (χ3n) is 2.73. The van der Waals surface area contributed by atoms with E-state index in [1.165, 1.54) is 6.07 Å². The molecule has 0 aliphatic carbocycles. The quantitative estimate of drug-likeness (QED) is 0.841. The van der Waals surface area contributed by atoms with E-state index in [0.29, 0.717) is 18.7 Å². The predicted octanol–water partition coefficient (Wildman–Crippen LogP) is 1.56. The lowest BCUT2D eigenvalue weighted by molar-refractivity contribution is 0.0665. The zero-order valence-electron chi connectivity index (χ0n) is 10.1. The Bertz CT molecular complexity index is 561. The van der Waals surface area contributed by atoms with Crippen LogP contribution in [0.3, 0.4) is 0 Å². The lowest BCUT2D eigenvalue weighted by Gasteiger charge is -2.14. The normalized spacial score (nSPS) is 11.3. The highest BCUT2D eigenvalue weighted by Gasteiger charge is 2.10. The van der Waals surface area contributed by atoms with E-state index >= 15 is 0 Å². The van der Waals surface area contributed by atoms with Crippen LogP contribution in [0.4, 0.5) is 0 Å². The van der Waals surface area contributed by atoms with E-state index in [0.717, 1.165) is 10.9 Å². The van der Waals surface area contributed by atoms with Gasteiger partial charge in [-0.25, -0.2) is 4.79 Å². The fourth-order valence-electron chi connectivity index (χ4n) is 1.86. The van der Waals surface area contributed by atoms with Crippen molar-refractivity contribution in [3.8, 4) is 0 Å². The van der Waals surface area contributed by atoms with Gasteiger partial charge in [0.05, 0.1) is 6.61 Å². The SMILES string of the molecule is CN(CCO)Cc1ccc2oc(C(=O)O)cc2c1. The Morgan fingerprint density at radius 1 is 1.39 bits per heavy atom. The Hall–Kier alpha value is -1.85. The molecule has 0 aliphatic rings. The number of hydrogen-bond donors (Lipinski definition) is 2. The van der Waals surface area contributed by atoms with Gasteiger partial charge >= 0.3 is 5.97 Å². The zero-order chi connectivity index (χ0) is 13.1. The molecule has 2 rings (SSSR count). The second-order valence-electron chi connectivity index (χ2n) is 4.25. The second kappa shape index (κ2) is 5.20. The number of furan rings is 1. The number of carbonyl (C=O) groups is 1. The fraction of sp³-hybridized carbons (Fsp3) is 0.308. The summed E-state index contributed by atoms with van der Waals surface area (Å²) in [6, 6.07) is 7.08. The molecule has 0 unspecified atom stereocenters. The first kappa shape index (κ1) is 12.6. The largest absolute Gasteiger partial charge is 0.475 e. The van der Waals surface area contributed by atoms with Gasteiger partial charge in [-0.1, -0.05) is 6.07 Å². The van der Waals surface area contributed by atoms with E-state index in [4.69, 9.17) is 14.6 Å².